The molecule has 1 fully saturated rings. The molecule has 0 amide bonds. The third-order valence-electron chi connectivity index (χ3n) is 7.23. The van der Waals surface area contributed by atoms with E-state index < -0.39 is 0 Å². The highest BCUT2D eigenvalue weighted by atomic mass is 14.9. The number of fused-ring (bicyclic) bond motifs is 1. The zero-order valence-electron chi connectivity index (χ0n) is 19.6. The molecule has 2 heteroatoms. The molecule has 0 spiro atoms. The van der Waals surface area contributed by atoms with Gasteiger partial charge < -0.3 is 5.32 Å². The predicted octanol–water partition coefficient (Wildman–Crippen LogP) is 6.97. The van der Waals surface area contributed by atoms with E-state index in [1.54, 1.807) is 0 Å². The molecule has 2 atom stereocenters. The number of rotatable bonds is 10. The molecule has 0 bridgehead atoms. The molecule has 2 unspecified atom stereocenters. The van der Waals surface area contributed by atoms with E-state index >= 15 is 0 Å². The lowest BCUT2D eigenvalue weighted by atomic mass is 9.57. The largest absolute Gasteiger partial charge is 0.393 e. The van der Waals surface area contributed by atoms with Crippen LogP contribution < -0.4 is 5.32 Å². The Bertz CT molecular complexity index is 756. The van der Waals surface area contributed by atoms with Crippen LogP contribution in [0.1, 0.15) is 88.3 Å². The van der Waals surface area contributed by atoms with Crippen molar-refractivity contribution in [2.24, 2.45) is 11.8 Å². The van der Waals surface area contributed by atoms with Gasteiger partial charge in [0.25, 0.3) is 0 Å². The van der Waals surface area contributed by atoms with Gasteiger partial charge in [-0.1, -0.05) is 89.5 Å². The van der Waals surface area contributed by atoms with Crippen molar-refractivity contribution in [2.75, 3.05) is 0 Å². The Morgan fingerprint density at radius 1 is 1.13 bits per heavy atom. The van der Waals surface area contributed by atoms with Crippen LogP contribution in [0, 0.1) is 11.8 Å². The average molecular weight is 403 g/mol. The topological polar surface area (TPSA) is 12.0 Å². The number of nitrogens with one attached hydrogen (secondary N) is 1. The van der Waals surface area contributed by atoms with Gasteiger partial charge >= 0.3 is 0 Å². The molecule has 1 saturated carbocycles. The van der Waals surface area contributed by atoms with Crippen molar-refractivity contribution in [3.8, 4) is 0 Å². The van der Waals surface area contributed by atoms with Gasteiger partial charge in [-0.05, 0) is 72.5 Å². The smallest absolute Gasteiger partial charge is 0.153 e. The van der Waals surface area contributed by atoms with Gasteiger partial charge in [-0.2, -0.15) is 0 Å². The Kier molecular flexibility index (Phi) is 8.48. The molecule has 2 aliphatic rings. The van der Waals surface area contributed by atoms with Crippen molar-refractivity contribution in [2.45, 2.75) is 90.3 Å². The lowest BCUT2D eigenvalue weighted by molar-refractivity contribution is 0.350. The predicted molar refractivity (Wildman–Crippen MR) is 135 cm³/mol. The Morgan fingerprint density at radius 3 is 2.63 bits per heavy atom. The van der Waals surface area contributed by atoms with E-state index in [0.717, 1.165) is 43.6 Å². The monoisotopic (exact) mass is 403 g/mol. The Hall–Kier alpha value is -1.70. The van der Waals surface area contributed by atoms with Gasteiger partial charge in [-0.15, -0.1) is 0 Å². The molecule has 0 radical (unpaired) electrons. The molecule has 1 heterocycles. The fourth-order valence-electron chi connectivity index (χ4n) is 5.63. The lowest BCUT2D eigenvalue weighted by Crippen LogP contribution is -2.40. The van der Waals surface area contributed by atoms with Gasteiger partial charge in [0.1, 0.15) is 0 Å². The zero-order valence-corrected chi connectivity index (χ0v) is 19.6. The minimum absolute atomic E-state index is 0.524. The molecule has 1 aliphatic heterocycles. The van der Waals surface area contributed by atoms with Crippen LogP contribution in [0.4, 0.5) is 0 Å². The van der Waals surface area contributed by atoms with E-state index in [9.17, 15) is 0 Å². The summed E-state index contributed by atoms with van der Waals surface area (Å²) in [6, 6.07) is 6.83. The SMILES string of the molecule is C=C(CC(C)CC(=C)c1cccc2c1CBC(NC(=C)CC)C2)CC1CCCCC1. The molecule has 1 nitrogen and oxygen atoms in total. The standard InChI is InChI=1S/C28H42BN/c1-6-23(5)30-28-18-25-13-10-14-26(27(25)19-29-28)22(4)16-20(2)15-21(3)17-24-11-8-7-9-12-24/h10,13-14,20,24,28-30H,3-9,11-12,15-19H2,1-2H3. The zero-order chi connectivity index (χ0) is 21.5. The molecular weight excluding hydrogens is 361 g/mol. The van der Waals surface area contributed by atoms with E-state index in [1.165, 1.54) is 73.6 Å². The third-order valence-corrected chi connectivity index (χ3v) is 7.23. The Balaban J connectivity index is 1.55. The Morgan fingerprint density at radius 2 is 1.90 bits per heavy atom. The lowest BCUT2D eigenvalue weighted by Gasteiger charge is -2.28. The molecular formula is C28H42BN. The van der Waals surface area contributed by atoms with Crippen LogP contribution >= 0.6 is 0 Å². The van der Waals surface area contributed by atoms with Gasteiger partial charge in [-0.3, -0.25) is 0 Å². The van der Waals surface area contributed by atoms with E-state index in [4.69, 9.17) is 0 Å². The Labute approximate surface area is 186 Å². The van der Waals surface area contributed by atoms with E-state index in [-0.39, 0.29) is 0 Å². The van der Waals surface area contributed by atoms with E-state index in [2.05, 4.69) is 57.1 Å². The minimum Gasteiger partial charge on any atom is -0.393 e. The van der Waals surface area contributed by atoms with Gasteiger partial charge in [0.2, 0.25) is 0 Å². The molecule has 0 saturated heterocycles. The van der Waals surface area contributed by atoms with Crippen molar-refractivity contribution < 1.29 is 0 Å². The first-order chi connectivity index (χ1) is 14.5. The van der Waals surface area contributed by atoms with E-state index in [0.29, 0.717) is 11.9 Å². The summed E-state index contributed by atoms with van der Waals surface area (Å²) < 4.78 is 0. The molecule has 1 aliphatic carbocycles. The quantitative estimate of drug-likeness (QED) is 0.328. The summed E-state index contributed by atoms with van der Waals surface area (Å²) in [7, 11) is 1.18. The fourth-order valence-corrected chi connectivity index (χ4v) is 5.63. The maximum atomic E-state index is 4.52. The summed E-state index contributed by atoms with van der Waals surface area (Å²) in [6.07, 6.45) is 13.8. The van der Waals surface area contributed by atoms with Crippen LogP contribution in [0.2, 0.25) is 0 Å². The second-order valence-electron chi connectivity index (χ2n) is 10.1. The molecule has 1 N–H and O–H groups in total. The van der Waals surface area contributed by atoms with Gasteiger partial charge in [0.15, 0.2) is 7.28 Å². The maximum Gasteiger partial charge on any atom is 0.153 e. The molecule has 30 heavy (non-hydrogen) atoms. The van der Waals surface area contributed by atoms with Crippen molar-refractivity contribution in [3.63, 3.8) is 0 Å². The van der Waals surface area contributed by atoms with Gasteiger partial charge in [0, 0.05) is 11.6 Å². The average Bonchev–Trinajstić information content (AvgIpc) is 2.73. The van der Waals surface area contributed by atoms with Crippen LogP contribution in [0.15, 0.2) is 49.2 Å². The molecule has 3 rings (SSSR count). The number of benzene rings is 1. The van der Waals surface area contributed by atoms with Crippen molar-refractivity contribution >= 4 is 12.9 Å². The van der Waals surface area contributed by atoms with Crippen molar-refractivity contribution in [3.05, 3.63) is 65.9 Å². The second kappa shape index (κ2) is 11.1. The highest BCUT2D eigenvalue weighted by Crippen LogP contribution is 2.34. The summed E-state index contributed by atoms with van der Waals surface area (Å²) in [6.45, 7) is 17.6. The molecule has 1 aromatic carbocycles. The molecule has 162 valence electrons. The highest BCUT2D eigenvalue weighted by Gasteiger charge is 2.23. The summed E-state index contributed by atoms with van der Waals surface area (Å²) >= 11 is 0. The van der Waals surface area contributed by atoms with E-state index in [1.807, 2.05) is 0 Å². The first kappa shape index (κ1) is 23.0. The summed E-state index contributed by atoms with van der Waals surface area (Å²) in [5.41, 5.74) is 8.37. The summed E-state index contributed by atoms with van der Waals surface area (Å²) in [4.78, 5) is 0. The van der Waals surface area contributed by atoms with Crippen LogP contribution in [-0.2, 0) is 12.7 Å². The number of allylic oxidation sites excluding steroid dienone is 3. The maximum absolute atomic E-state index is 4.52. The first-order valence-electron chi connectivity index (χ1n) is 12.4. The first-order valence-corrected chi connectivity index (χ1v) is 12.4. The summed E-state index contributed by atoms with van der Waals surface area (Å²) in [5, 5.41) is 3.62. The number of hydrogen-bond donors (Lipinski definition) is 1. The third kappa shape index (κ3) is 6.40. The van der Waals surface area contributed by atoms with Gasteiger partial charge in [-0.25, -0.2) is 0 Å². The summed E-state index contributed by atoms with van der Waals surface area (Å²) in [5.74, 6) is 2.04. The van der Waals surface area contributed by atoms with Crippen molar-refractivity contribution in [1.82, 2.24) is 5.32 Å². The van der Waals surface area contributed by atoms with Crippen LogP contribution in [0.3, 0.4) is 0 Å². The van der Waals surface area contributed by atoms with Crippen LogP contribution in [0.25, 0.3) is 5.57 Å². The van der Waals surface area contributed by atoms with Crippen molar-refractivity contribution in [1.29, 1.82) is 0 Å². The van der Waals surface area contributed by atoms with Crippen LogP contribution in [-0.4, -0.2) is 13.2 Å². The normalized spacial score (nSPS) is 20.0. The highest BCUT2D eigenvalue weighted by molar-refractivity contribution is 6.38. The van der Waals surface area contributed by atoms with Gasteiger partial charge in [0.05, 0.1) is 0 Å². The fraction of sp³-hybridized carbons (Fsp3) is 0.571. The van der Waals surface area contributed by atoms with Crippen LogP contribution in [0.5, 0.6) is 0 Å². The molecule has 0 aromatic heterocycles. The number of hydrogen-bond acceptors (Lipinski definition) is 1. The molecule has 1 aromatic rings. The minimum atomic E-state index is 0.524. The second-order valence-corrected chi connectivity index (χ2v) is 10.1.